The quantitative estimate of drug-likeness (QED) is 0.817. The second-order valence-corrected chi connectivity index (χ2v) is 5.31. The second-order valence-electron chi connectivity index (χ2n) is 4.60. The molecule has 0 saturated heterocycles. The lowest BCUT2D eigenvalue weighted by atomic mass is 9.86. The van der Waals surface area contributed by atoms with Gasteiger partial charge in [0.15, 0.2) is 0 Å². The Balaban J connectivity index is 1.68. The Kier molecular flexibility index (Phi) is 2.11. The largest absolute Gasteiger partial charge is 0.338 e. The minimum atomic E-state index is 0.579. The summed E-state index contributed by atoms with van der Waals surface area (Å²) in [6.45, 7) is 0. The molecule has 2 bridgehead atoms. The van der Waals surface area contributed by atoms with E-state index in [4.69, 9.17) is 4.52 Å². The lowest BCUT2D eigenvalue weighted by Gasteiger charge is -2.19. The van der Waals surface area contributed by atoms with Crippen LogP contribution in [0, 0.1) is 17.8 Å². The van der Waals surface area contributed by atoms with E-state index in [2.05, 4.69) is 26.1 Å². The van der Waals surface area contributed by atoms with Gasteiger partial charge in [-0.25, -0.2) is 0 Å². The maximum atomic E-state index is 5.13. The maximum absolute atomic E-state index is 5.13. The Hall–Kier alpha value is -0.380. The highest BCUT2D eigenvalue weighted by Crippen LogP contribution is 2.49. The maximum Gasteiger partial charge on any atom is 0.238 e. The zero-order valence-electron chi connectivity index (χ0n) is 7.95. The summed E-state index contributed by atoms with van der Waals surface area (Å²) in [6.07, 6.45) is 6.68. The SMILES string of the molecule is Brc1noc(CC2CC3CCC2C3)n1. The molecule has 2 fully saturated rings. The Morgan fingerprint density at radius 1 is 1.36 bits per heavy atom. The van der Waals surface area contributed by atoms with Crippen molar-refractivity contribution < 1.29 is 4.52 Å². The van der Waals surface area contributed by atoms with Gasteiger partial charge in [0.2, 0.25) is 10.6 Å². The van der Waals surface area contributed by atoms with Crippen LogP contribution in [0.15, 0.2) is 9.26 Å². The molecule has 0 spiro atoms. The van der Waals surface area contributed by atoms with Crippen LogP contribution in [0.5, 0.6) is 0 Å². The number of rotatable bonds is 2. The van der Waals surface area contributed by atoms with Crippen molar-refractivity contribution >= 4 is 15.9 Å². The van der Waals surface area contributed by atoms with Crippen LogP contribution in [0.3, 0.4) is 0 Å². The van der Waals surface area contributed by atoms with E-state index in [1.54, 1.807) is 0 Å². The Bertz CT molecular complexity index is 339. The van der Waals surface area contributed by atoms with E-state index in [1.807, 2.05) is 0 Å². The molecule has 1 aromatic rings. The molecule has 3 atom stereocenters. The summed E-state index contributed by atoms with van der Waals surface area (Å²) in [7, 11) is 0. The average Bonchev–Trinajstić information content (AvgIpc) is 2.82. The molecular weight excluding hydrogens is 244 g/mol. The third-order valence-corrected chi connectivity index (χ3v) is 4.09. The summed E-state index contributed by atoms with van der Waals surface area (Å²) < 4.78 is 5.71. The Morgan fingerprint density at radius 3 is 2.86 bits per heavy atom. The molecule has 0 amide bonds. The molecule has 0 aromatic carbocycles. The van der Waals surface area contributed by atoms with Gasteiger partial charge in [-0.05, 0) is 58.1 Å². The van der Waals surface area contributed by atoms with Gasteiger partial charge in [-0.15, -0.1) is 0 Å². The summed E-state index contributed by atoms with van der Waals surface area (Å²) >= 11 is 3.21. The first-order chi connectivity index (χ1) is 6.81. The van der Waals surface area contributed by atoms with Gasteiger partial charge in [0.1, 0.15) is 0 Å². The summed E-state index contributed by atoms with van der Waals surface area (Å²) in [5.41, 5.74) is 0. The van der Waals surface area contributed by atoms with E-state index in [-0.39, 0.29) is 0 Å². The summed E-state index contributed by atoms with van der Waals surface area (Å²) in [6, 6.07) is 0. The van der Waals surface area contributed by atoms with Crippen LogP contribution in [-0.2, 0) is 6.42 Å². The number of halogens is 1. The molecular formula is C10H13BrN2O. The molecule has 0 radical (unpaired) electrons. The fraction of sp³-hybridized carbons (Fsp3) is 0.800. The van der Waals surface area contributed by atoms with Crippen molar-refractivity contribution in [3.05, 3.63) is 10.6 Å². The number of hydrogen-bond donors (Lipinski definition) is 0. The van der Waals surface area contributed by atoms with Crippen LogP contribution in [0.4, 0.5) is 0 Å². The van der Waals surface area contributed by atoms with Crippen molar-refractivity contribution in [2.24, 2.45) is 17.8 Å². The molecule has 0 N–H and O–H groups in total. The average molecular weight is 257 g/mol. The van der Waals surface area contributed by atoms with Gasteiger partial charge in [0.25, 0.3) is 0 Å². The monoisotopic (exact) mass is 256 g/mol. The van der Waals surface area contributed by atoms with Gasteiger partial charge in [-0.3, -0.25) is 0 Å². The van der Waals surface area contributed by atoms with Crippen LogP contribution < -0.4 is 0 Å². The number of hydrogen-bond acceptors (Lipinski definition) is 3. The minimum absolute atomic E-state index is 0.579. The predicted octanol–water partition coefficient (Wildman–Crippen LogP) is 2.81. The third kappa shape index (κ3) is 1.49. The highest BCUT2D eigenvalue weighted by molar-refractivity contribution is 9.10. The van der Waals surface area contributed by atoms with Crippen molar-refractivity contribution in [2.45, 2.75) is 32.1 Å². The standard InChI is InChI=1S/C10H13BrN2O/c11-10-12-9(14-13-10)5-8-4-6-1-2-7(8)3-6/h6-8H,1-5H2. The van der Waals surface area contributed by atoms with Crippen molar-refractivity contribution in [1.82, 2.24) is 10.1 Å². The van der Waals surface area contributed by atoms with Crippen LogP contribution in [0.2, 0.25) is 0 Å². The van der Waals surface area contributed by atoms with E-state index in [9.17, 15) is 0 Å². The molecule has 0 aliphatic heterocycles. The fourth-order valence-corrected chi connectivity index (χ4v) is 3.44. The Morgan fingerprint density at radius 2 is 2.29 bits per heavy atom. The van der Waals surface area contributed by atoms with Crippen LogP contribution in [0.1, 0.15) is 31.6 Å². The molecule has 2 saturated carbocycles. The molecule has 76 valence electrons. The topological polar surface area (TPSA) is 38.9 Å². The smallest absolute Gasteiger partial charge is 0.238 e. The van der Waals surface area contributed by atoms with E-state index in [0.717, 1.165) is 30.1 Å². The van der Waals surface area contributed by atoms with Gasteiger partial charge in [0, 0.05) is 6.42 Å². The Labute approximate surface area is 91.4 Å². The first-order valence-corrected chi connectivity index (χ1v) is 6.08. The van der Waals surface area contributed by atoms with Crippen LogP contribution >= 0.6 is 15.9 Å². The number of aromatic nitrogens is 2. The van der Waals surface area contributed by atoms with Gasteiger partial charge < -0.3 is 4.52 Å². The highest BCUT2D eigenvalue weighted by atomic mass is 79.9. The van der Waals surface area contributed by atoms with E-state index in [1.165, 1.54) is 25.7 Å². The van der Waals surface area contributed by atoms with E-state index < -0.39 is 0 Å². The molecule has 2 aliphatic carbocycles. The molecule has 3 rings (SSSR count). The van der Waals surface area contributed by atoms with Gasteiger partial charge in [-0.2, -0.15) is 4.98 Å². The van der Waals surface area contributed by atoms with Crippen LogP contribution in [-0.4, -0.2) is 10.1 Å². The minimum Gasteiger partial charge on any atom is -0.338 e. The molecule has 3 unspecified atom stereocenters. The summed E-state index contributed by atoms with van der Waals surface area (Å²) in [5, 5.41) is 3.75. The third-order valence-electron chi connectivity index (χ3n) is 3.76. The zero-order chi connectivity index (χ0) is 9.54. The van der Waals surface area contributed by atoms with E-state index in [0.29, 0.717) is 4.73 Å². The molecule has 4 heteroatoms. The first kappa shape index (κ1) is 8.89. The van der Waals surface area contributed by atoms with Crippen molar-refractivity contribution in [2.75, 3.05) is 0 Å². The highest BCUT2D eigenvalue weighted by Gasteiger charge is 2.39. The summed E-state index contributed by atoms with van der Waals surface area (Å²) in [4.78, 5) is 4.20. The number of nitrogens with zero attached hydrogens (tertiary/aromatic N) is 2. The number of fused-ring (bicyclic) bond motifs is 2. The van der Waals surface area contributed by atoms with Crippen molar-refractivity contribution in [3.63, 3.8) is 0 Å². The van der Waals surface area contributed by atoms with Gasteiger partial charge in [0.05, 0.1) is 0 Å². The fourth-order valence-electron chi connectivity index (χ4n) is 3.17. The molecule has 3 nitrogen and oxygen atoms in total. The summed E-state index contributed by atoms with van der Waals surface area (Å²) in [5.74, 6) is 3.54. The normalized spacial score (nSPS) is 35.4. The lowest BCUT2D eigenvalue weighted by molar-refractivity contribution is 0.288. The van der Waals surface area contributed by atoms with E-state index >= 15 is 0 Å². The van der Waals surface area contributed by atoms with Gasteiger partial charge in [-0.1, -0.05) is 6.42 Å². The second kappa shape index (κ2) is 3.33. The predicted molar refractivity (Wildman–Crippen MR) is 54.6 cm³/mol. The molecule has 1 aromatic heterocycles. The van der Waals surface area contributed by atoms with Gasteiger partial charge >= 0.3 is 0 Å². The molecule has 14 heavy (non-hydrogen) atoms. The van der Waals surface area contributed by atoms with Crippen molar-refractivity contribution in [3.8, 4) is 0 Å². The molecule has 2 aliphatic rings. The molecule has 1 heterocycles. The van der Waals surface area contributed by atoms with Crippen LogP contribution in [0.25, 0.3) is 0 Å². The zero-order valence-corrected chi connectivity index (χ0v) is 9.53. The first-order valence-electron chi connectivity index (χ1n) is 5.29. The lowest BCUT2D eigenvalue weighted by Crippen LogP contribution is -2.13. The van der Waals surface area contributed by atoms with Crippen molar-refractivity contribution in [1.29, 1.82) is 0 Å².